The number of phenolic OH excluding ortho intramolecular Hbond substituents is 2. The molecule has 7 atom stereocenters. The highest BCUT2D eigenvalue weighted by Gasteiger charge is 2.54. The van der Waals surface area contributed by atoms with E-state index in [2.05, 4.69) is 31.9 Å². The van der Waals surface area contributed by atoms with Crippen molar-refractivity contribution in [3.05, 3.63) is 154 Å². The van der Waals surface area contributed by atoms with Gasteiger partial charge < -0.3 is 73.7 Å². The highest BCUT2D eigenvalue weighted by Crippen LogP contribution is 2.57. The molecule has 8 rings (SSSR count). The summed E-state index contributed by atoms with van der Waals surface area (Å²) in [5.74, 6) is -7.00. The lowest BCUT2D eigenvalue weighted by atomic mass is 9.77. The second kappa shape index (κ2) is 28.2. The van der Waals surface area contributed by atoms with Crippen molar-refractivity contribution in [1.29, 1.82) is 0 Å². The highest BCUT2D eigenvalue weighted by atomic mass is 16.6. The molecule has 23 nitrogen and oxygen atoms in total. The fourth-order valence-corrected chi connectivity index (χ4v) is 11.3. The molecule has 1 fully saturated rings. The van der Waals surface area contributed by atoms with Crippen LogP contribution in [0.2, 0.25) is 0 Å². The second-order valence-electron chi connectivity index (χ2n) is 22.6. The zero-order valence-corrected chi connectivity index (χ0v) is 49.0. The van der Waals surface area contributed by atoms with Gasteiger partial charge in [0.2, 0.25) is 41.4 Å². The lowest BCUT2D eigenvalue weighted by Crippen LogP contribution is -2.60. The van der Waals surface area contributed by atoms with Crippen molar-refractivity contribution < 1.29 is 62.8 Å². The molecule has 5 aromatic rings. The predicted octanol–water partition coefficient (Wildman–Crippen LogP) is 3.45. The van der Waals surface area contributed by atoms with Crippen LogP contribution < -0.4 is 53.8 Å². The van der Waals surface area contributed by atoms with E-state index in [0.29, 0.717) is 53.6 Å². The van der Waals surface area contributed by atoms with E-state index in [-0.39, 0.29) is 85.2 Å². The molecule has 0 aromatic heterocycles. The summed E-state index contributed by atoms with van der Waals surface area (Å²) in [6, 6.07) is 23.3. The van der Waals surface area contributed by atoms with Crippen molar-refractivity contribution in [3.63, 3.8) is 0 Å². The minimum absolute atomic E-state index is 0.0106. The Bertz CT molecular complexity index is 3290. The summed E-state index contributed by atoms with van der Waals surface area (Å²) in [6.07, 6.45) is 2.42. The van der Waals surface area contributed by atoms with Gasteiger partial charge >= 0.3 is 5.97 Å². The molecule has 3 heterocycles. The number of nitrogens with zero attached hydrogens (tertiary/aromatic N) is 1. The minimum Gasteiger partial charge on any atom is -0.508 e. The van der Waals surface area contributed by atoms with E-state index in [1.54, 1.807) is 92.7 Å². The van der Waals surface area contributed by atoms with Crippen LogP contribution in [0.3, 0.4) is 0 Å². The normalized spacial score (nSPS) is 16.5. The number of esters is 1. The lowest BCUT2D eigenvalue weighted by Gasteiger charge is -2.36. The maximum absolute atomic E-state index is 15.0. The van der Waals surface area contributed by atoms with Gasteiger partial charge in [-0.1, -0.05) is 80.6 Å². The van der Waals surface area contributed by atoms with Crippen LogP contribution in [0.5, 0.6) is 23.0 Å². The van der Waals surface area contributed by atoms with E-state index < -0.39 is 107 Å². The topological polar surface area (TPSA) is 366 Å². The molecule has 0 radical (unpaired) electrons. The summed E-state index contributed by atoms with van der Waals surface area (Å²) in [6.45, 7) is 7.07. The van der Waals surface area contributed by atoms with E-state index in [1.165, 1.54) is 55.1 Å². The van der Waals surface area contributed by atoms with Crippen LogP contribution in [-0.4, -0.2) is 130 Å². The monoisotopic (exact) mass is 1190 g/mol. The first-order chi connectivity index (χ1) is 41.6. The smallest absolute Gasteiger partial charge is 0.340 e. The van der Waals surface area contributed by atoms with E-state index >= 15 is 0 Å². The molecule has 5 aromatic carbocycles. The number of likely N-dealkylation sites (tertiary alicyclic amines) is 1. The van der Waals surface area contributed by atoms with Crippen molar-refractivity contribution in [2.24, 2.45) is 23.1 Å². The van der Waals surface area contributed by atoms with Crippen molar-refractivity contribution in [2.45, 2.75) is 133 Å². The summed E-state index contributed by atoms with van der Waals surface area (Å²) in [5.41, 5.74) is 18.5. The van der Waals surface area contributed by atoms with Gasteiger partial charge in [0.15, 0.2) is 5.60 Å². The van der Waals surface area contributed by atoms with Gasteiger partial charge in [0.05, 0.1) is 11.6 Å². The average Bonchev–Trinajstić information content (AvgIpc) is 1.63. The summed E-state index contributed by atoms with van der Waals surface area (Å²) in [5, 5.41) is 37.3. The van der Waals surface area contributed by atoms with Crippen LogP contribution in [0.4, 0.5) is 0 Å². The number of carbonyl (C=O) groups is 9. The Hall–Kier alpha value is -9.35. The fraction of sp³-hybridized carbons (Fsp3) is 0.391. The Morgan fingerprint density at radius 2 is 1.24 bits per heavy atom. The molecule has 1 spiro atoms. The Labute approximate surface area is 503 Å². The Balaban J connectivity index is 0.974. The summed E-state index contributed by atoms with van der Waals surface area (Å²) >= 11 is 0. The third kappa shape index (κ3) is 14.5. The maximum atomic E-state index is 15.0. The quantitative estimate of drug-likeness (QED) is 0.0279. The summed E-state index contributed by atoms with van der Waals surface area (Å²) < 4.78 is 12.2. The Morgan fingerprint density at radius 3 is 1.83 bits per heavy atom. The number of nitrogens with two attached hydrogens (primary N) is 3. The van der Waals surface area contributed by atoms with Gasteiger partial charge in [0, 0.05) is 53.4 Å². The summed E-state index contributed by atoms with van der Waals surface area (Å²) in [7, 11) is 0. The largest absolute Gasteiger partial charge is 0.508 e. The fourth-order valence-electron chi connectivity index (χ4n) is 11.3. The molecule has 14 N–H and O–H groups in total. The van der Waals surface area contributed by atoms with Gasteiger partial charge in [0.1, 0.15) is 59.2 Å². The zero-order valence-electron chi connectivity index (χ0n) is 49.0. The Kier molecular flexibility index (Phi) is 20.7. The van der Waals surface area contributed by atoms with E-state index in [1.807, 2.05) is 0 Å². The SMILES string of the molecule is CC(C)[C@H](NC(=O)[C@H](C)N)C(=O)N1CCC[C@H]1C(=O)N[C@H](C(=O)N[C@@H](C)C(=O)N[C@@H](CCCCNC(=O)c1ccc2c(c1)C(=O)OC21c2ccc(O)cc2Oc2cc(O)ccc21)C(=O)N[C@@H](CCCCN)C(N)=O)C(c1ccccc1)c1ccccc1. The van der Waals surface area contributed by atoms with Gasteiger partial charge in [-0.3, -0.25) is 38.4 Å². The van der Waals surface area contributed by atoms with Gasteiger partial charge in [-0.2, -0.15) is 0 Å². The molecule has 0 bridgehead atoms. The van der Waals surface area contributed by atoms with Gasteiger partial charge in [-0.15, -0.1) is 0 Å². The minimum atomic E-state index is -1.53. The van der Waals surface area contributed by atoms with Crippen LogP contribution >= 0.6 is 0 Å². The molecule has 0 aliphatic carbocycles. The number of primary amides is 1. The predicted molar refractivity (Wildman–Crippen MR) is 320 cm³/mol. The molecule has 87 heavy (non-hydrogen) atoms. The van der Waals surface area contributed by atoms with Crippen LogP contribution in [0.1, 0.15) is 134 Å². The number of unbranched alkanes of at least 4 members (excludes halogenated alkanes) is 2. The van der Waals surface area contributed by atoms with Crippen molar-refractivity contribution >= 4 is 53.2 Å². The van der Waals surface area contributed by atoms with Gasteiger partial charge in [0.25, 0.3) is 5.91 Å². The third-order valence-electron chi connectivity index (χ3n) is 15.9. The first-order valence-corrected chi connectivity index (χ1v) is 29.3. The van der Waals surface area contributed by atoms with Gasteiger partial charge in [-0.05, 0) is 125 Å². The van der Waals surface area contributed by atoms with E-state index in [0.717, 1.165) is 0 Å². The molecular formula is C64H76N10O13. The molecule has 1 saturated heterocycles. The average molecular weight is 1190 g/mol. The number of aromatic hydroxyl groups is 2. The number of carbonyl (C=O) groups excluding carboxylic acids is 9. The Morgan fingerprint density at radius 1 is 0.655 bits per heavy atom. The maximum Gasteiger partial charge on any atom is 0.340 e. The van der Waals surface area contributed by atoms with Crippen LogP contribution in [0, 0.1) is 5.92 Å². The lowest BCUT2D eigenvalue weighted by molar-refractivity contribution is -0.143. The first-order valence-electron chi connectivity index (χ1n) is 29.3. The molecule has 3 aliphatic heterocycles. The number of hydrogen-bond donors (Lipinski definition) is 11. The van der Waals surface area contributed by atoms with Crippen molar-refractivity contribution in [3.8, 4) is 23.0 Å². The number of benzene rings is 5. The van der Waals surface area contributed by atoms with Crippen LogP contribution in [-0.2, 0) is 43.9 Å². The number of amides is 8. The highest BCUT2D eigenvalue weighted by molar-refractivity contribution is 6.02. The van der Waals surface area contributed by atoms with Crippen molar-refractivity contribution in [2.75, 3.05) is 19.6 Å². The molecule has 8 amide bonds. The first kappa shape index (κ1) is 63.7. The van der Waals surface area contributed by atoms with Gasteiger partial charge in [-0.25, -0.2) is 4.79 Å². The standard InChI is InChI=1S/C64H76N10O13/c1-35(2)53(72-56(78)36(3)66)62(84)74-31-15-22-49(74)60(82)73-54(52(38-16-7-5-8-17-38)39-18-9-6-10-19-39)61(83)69-37(4)57(79)71-48(59(81)70-47(55(67)77)20-11-13-29-65)21-12-14-30-68-58(80)40-23-26-44-43(32-40)63(85)87-64(44)45-27-24-41(75)33-50(45)86-51-34-42(76)25-28-46(51)64/h5-10,16-19,23-28,32-37,47-49,52-54,75-76H,11-15,20-22,29-31,65-66H2,1-4H3,(H2,67,77)(H,68,80)(H,69,83)(H,70,81)(H,71,79)(H,72,78)(H,73,82)/t36-,37-,47-,48-,49-,53-,54-/m0/s1. The number of fused-ring (bicyclic) bond motifs is 6. The molecule has 0 saturated carbocycles. The second-order valence-corrected chi connectivity index (χ2v) is 22.6. The van der Waals surface area contributed by atoms with E-state index in [9.17, 15) is 53.4 Å². The molecular weight excluding hydrogens is 1120 g/mol. The van der Waals surface area contributed by atoms with E-state index in [4.69, 9.17) is 26.7 Å². The number of ether oxygens (including phenoxy) is 2. The number of hydrogen-bond acceptors (Lipinski definition) is 15. The van der Waals surface area contributed by atoms with Crippen LogP contribution in [0.25, 0.3) is 0 Å². The number of phenols is 2. The zero-order chi connectivity index (χ0) is 62.7. The van der Waals surface area contributed by atoms with Crippen molar-refractivity contribution in [1.82, 2.24) is 36.8 Å². The molecule has 23 heteroatoms. The molecule has 460 valence electrons. The third-order valence-corrected chi connectivity index (χ3v) is 15.9. The summed E-state index contributed by atoms with van der Waals surface area (Å²) in [4.78, 5) is 126. The molecule has 3 aliphatic rings. The number of rotatable bonds is 26. The van der Waals surface area contributed by atoms with Crippen LogP contribution in [0.15, 0.2) is 115 Å². The molecule has 0 unspecified atom stereocenters. The number of nitrogens with one attached hydrogen (secondary N) is 6.